The number of H-pyrrole nitrogens is 1. The SMILES string of the molecule is CCNC(=O)[C@@H](C)Sc1n[nH]c(COc2ccc(Cl)c(C)c2)n1. The molecule has 2 aromatic rings. The molecule has 1 aromatic carbocycles. The van der Waals surface area contributed by atoms with E-state index in [4.69, 9.17) is 16.3 Å². The molecular formula is C15H19ClN4O2S. The Kier molecular flexibility index (Phi) is 6.29. The van der Waals surface area contributed by atoms with E-state index in [0.717, 1.165) is 5.56 Å². The second kappa shape index (κ2) is 8.21. The first-order valence-corrected chi connectivity index (χ1v) is 8.50. The molecule has 0 unspecified atom stereocenters. The molecular weight excluding hydrogens is 336 g/mol. The van der Waals surface area contributed by atoms with Crippen molar-refractivity contribution in [3.05, 3.63) is 34.6 Å². The van der Waals surface area contributed by atoms with Crippen molar-refractivity contribution in [1.29, 1.82) is 0 Å². The monoisotopic (exact) mass is 354 g/mol. The molecule has 0 bridgehead atoms. The van der Waals surface area contributed by atoms with Gasteiger partial charge in [-0.2, -0.15) is 0 Å². The summed E-state index contributed by atoms with van der Waals surface area (Å²) in [5, 5.41) is 10.6. The van der Waals surface area contributed by atoms with Crippen molar-refractivity contribution < 1.29 is 9.53 Å². The van der Waals surface area contributed by atoms with Gasteiger partial charge in [-0.25, -0.2) is 4.98 Å². The number of aromatic nitrogens is 3. The zero-order chi connectivity index (χ0) is 16.8. The number of hydrogen-bond acceptors (Lipinski definition) is 5. The fourth-order valence-corrected chi connectivity index (χ4v) is 2.67. The number of halogens is 1. The molecule has 1 amide bonds. The molecule has 0 aliphatic carbocycles. The molecule has 0 saturated carbocycles. The number of rotatable bonds is 7. The Morgan fingerprint density at radius 1 is 1.52 bits per heavy atom. The maximum absolute atomic E-state index is 11.7. The van der Waals surface area contributed by atoms with Gasteiger partial charge >= 0.3 is 0 Å². The summed E-state index contributed by atoms with van der Waals surface area (Å²) in [5.74, 6) is 1.29. The van der Waals surface area contributed by atoms with Gasteiger partial charge in [0.2, 0.25) is 11.1 Å². The fraction of sp³-hybridized carbons (Fsp3) is 0.400. The molecule has 1 atom stereocenters. The number of hydrogen-bond donors (Lipinski definition) is 2. The summed E-state index contributed by atoms with van der Waals surface area (Å²) < 4.78 is 5.65. The van der Waals surface area contributed by atoms with Crippen molar-refractivity contribution in [3.63, 3.8) is 0 Å². The standard InChI is InChI=1S/C15H19ClN4O2S/c1-4-17-14(21)10(3)23-15-18-13(19-20-15)8-22-11-5-6-12(16)9(2)7-11/h5-7,10H,4,8H2,1-3H3,(H,17,21)(H,18,19,20)/t10-/m1/s1. The topological polar surface area (TPSA) is 79.9 Å². The second-order valence-corrected chi connectivity index (χ2v) is 6.63. The first-order valence-electron chi connectivity index (χ1n) is 7.24. The van der Waals surface area contributed by atoms with Crippen LogP contribution >= 0.6 is 23.4 Å². The lowest BCUT2D eigenvalue weighted by Crippen LogP contribution is -2.30. The van der Waals surface area contributed by atoms with Gasteiger partial charge in [0.1, 0.15) is 12.4 Å². The quantitative estimate of drug-likeness (QED) is 0.747. The normalized spacial score (nSPS) is 12.0. The number of nitrogens with zero attached hydrogens (tertiary/aromatic N) is 2. The minimum absolute atomic E-state index is 0.0308. The average Bonchev–Trinajstić information content (AvgIpc) is 2.96. The number of benzene rings is 1. The largest absolute Gasteiger partial charge is 0.486 e. The zero-order valence-electron chi connectivity index (χ0n) is 13.2. The molecule has 8 heteroatoms. The summed E-state index contributed by atoms with van der Waals surface area (Å²) in [4.78, 5) is 16.0. The summed E-state index contributed by atoms with van der Waals surface area (Å²) >= 11 is 7.28. The number of nitrogens with one attached hydrogen (secondary N) is 2. The molecule has 0 fully saturated rings. The van der Waals surface area contributed by atoms with E-state index in [2.05, 4.69) is 20.5 Å². The van der Waals surface area contributed by atoms with Crippen LogP contribution in [0.15, 0.2) is 23.4 Å². The van der Waals surface area contributed by atoms with Crippen molar-refractivity contribution in [2.24, 2.45) is 0 Å². The molecule has 0 aliphatic heterocycles. The van der Waals surface area contributed by atoms with Crippen LogP contribution < -0.4 is 10.1 Å². The Balaban J connectivity index is 1.89. The third kappa shape index (κ3) is 5.14. The molecule has 124 valence electrons. The third-order valence-corrected chi connectivity index (χ3v) is 4.40. The number of ether oxygens (including phenoxy) is 1. The van der Waals surface area contributed by atoms with E-state index in [1.807, 2.05) is 26.8 Å². The van der Waals surface area contributed by atoms with Crippen LogP contribution in [0.2, 0.25) is 5.02 Å². The highest BCUT2D eigenvalue weighted by molar-refractivity contribution is 8.00. The number of thioether (sulfide) groups is 1. The van der Waals surface area contributed by atoms with E-state index in [1.54, 1.807) is 12.1 Å². The van der Waals surface area contributed by atoms with Crippen LogP contribution in [0.1, 0.15) is 25.2 Å². The highest BCUT2D eigenvalue weighted by Gasteiger charge is 2.16. The summed E-state index contributed by atoms with van der Waals surface area (Å²) in [7, 11) is 0. The van der Waals surface area contributed by atoms with E-state index in [-0.39, 0.29) is 17.8 Å². The van der Waals surface area contributed by atoms with Crippen LogP contribution in [0.5, 0.6) is 5.75 Å². The lowest BCUT2D eigenvalue weighted by Gasteiger charge is -2.07. The van der Waals surface area contributed by atoms with Gasteiger partial charge in [-0.3, -0.25) is 9.89 Å². The minimum atomic E-state index is -0.251. The van der Waals surface area contributed by atoms with E-state index in [0.29, 0.717) is 28.3 Å². The summed E-state index contributed by atoms with van der Waals surface area (Å²) in [6.45, 7) is 6.50. The highest BCUT2D eigenvalue weighted by atomic mass is 35.5. The van der Waals surface area contributed by atoms with Crippen LogP contribution in [0, 0.1) is 6.92 Å². The molecule has 0 saturated heterocycles. The van der Waals surface area contributed by atoms with E-state index in [1.165, 1.54) is 11.8 Å². The Hall–Kier alpha value is -1.73. The van der Waals surface area contributed by atoms with Gasteiger partial charge in [0.25, 0.3) is 0 Å². The molecule has 0 radical (unpaired) electrons. The lowest BCUT2D eigenvalue weighted by atomic mass is 10.2. The van der Waals surface area contributed by atoms with E-state index < -0.39 is 0 Å². The van der Waals surface area contributed by atoms with Gasteiger partial charge in [-0.05, 0) is 44.5 Å². The predicted octanol–water partition coefficient (Wildman–Crippen LogP) is 2.96. The molecule has 0 spiro atoms. The smallest absolute Gasteiger partial charge is 0.233 e. The van der Waals surface area contributed by atoms with Crippen LogP contribution in [0.4, 0.5) is 0 Å². The van der Waals surface area contributed by atoms with Crippen LogP contribution in [-0.4, -0.2) is 32.9 Å². The lowest BCUT2D eigenvalue weighted by molar-refractivity contribution is -0.120. The Labute approximate surface area is 144 Å². The second-order valence-electron chi connectivity index (χ2n) is 4.92. The molecule has 1 aromatic heterocycles. The van der Waals surface area contributed by atoms with Crippen LogP contribution in [0.3, 0.4) is 0 Å². The van der Waals surface area contributed by atoms with Gasteiger partial charge in [0, 0.05) is 11.6 Å². The van der Waals surface area contributed by atoms with Gasteiger partial charge in [-0.1, -0.05) is 23.4 Å². The van der Waals surface area contributed by atoms with Crippen LogP contribution in [-0.2, 0) is 11.4 Å². The number of aromatic amines is 1. The molecule has 1 heterocycles. The molecule has 0 aliphatic rings. The Bertz CT molecular complexity index is 677. The Morgan fingerprint density at radius 2 is 2.30 bits per heavy atom. The fourth-order valence-electron chi connectivity index (χ4n) is 1.78. The minimum Gasteiger partial charge on any atom is -0.486 e. The van der Waals surface area contributed by atoms with Crippen molar-refractivity contribution in [2.75, 3.05) is 6.54 Å². The predicted molar refractivity (Wildman–Crippen MR) is 90.9 cm³/mol. The molecule has 6 nitrogen and oxygen atoms in total. The maximum Gasteiger partial charge on any atom is 0.233 e. The summed E-state index contributed by atoms with van der Waals surface area (Å²) in [6.07, 6.45) is 0. The number of aryl methyl sites for hydroxylation is 1. The number of amides is 1. The van der Waals surface area contributed by atoms with Crippen molar-refractivity contribution >= 4 is 29.3 Å². The number of carbonyl (C=O) groups excluding carboxylic acids is 1. The molecule has 2 N–H and O–H groups in total. The van der Waals surface area contributed by atoms with Gasteiger partial charge in [0.05, 0.1) is 5.25 Å². The van der Waals surface area contributed by atoms with Gasteiger partial charge in [0.15, 0.2) is 5.82 Å². The first kappa shape index (κ1) is 17.6. The zero-order valence-corrected chi connectivity index (χ0v) is 14.8. The van der Waals surface area contributed by atoms with E-state index in [9.17, 15) is 4.79 Å². The molecule has 2 rings (SSSR count). The average molecular weight is 355 g/mol. The Morgan fingerprint density at radius 3 is 3.00 bits per heavy atom. The summed E-state index contributed by atoms with van der Waals surface area (Å²) in [5.41, 5.74) is 0.953. The van der Waals surface area contributed by atoms with Gasteiger partial charge < -0.3 is 10.1 Å². The number of carbonyl (C=O) groups is 1. The van der Waals surface area contributed by atoms with Crippen molar-refractivity contribution in [3.8, 4) is 5.75 Å². The van der Waals surface area contributed by atoms with Gasteiger partial charge in [-0.15, -0.1) is 5.10 Å². The van der Waals surface area contributed by atoms with Crippen molar-refractivity contribution in [2.45, 2.75) is 37.8 Å². The molecule has 23 heavy (non-hydrogen) atoms. The highest BCUT2D eigenvalue weighted by Crippen LogP contribution is 2.22. The van der Waals surface area contributed by atoms with E-state index >= 15 is 0 Å². The first-order chi connectivity index (χ1) is 11.0. The van der Waals surface area contributed by atoms with Crippen molar-refractivity contribution in [1.82, 2.24) is 20.5 Å². The maximum atomic E-state index is 11.7. The summed E-state index contributed by atoms with van der Waals surface area (Å²) in [6, 6.07) is 5.46. The third-order valence-electron chi connectivity index (χ3n) is 3.02. The van der Waals surface area contributed by atoms with Crippen LogP contribution in [0.25, 0.3) is 0 Å².